The molecule has 0 aromatic carbocycles. The first-order chi connectivity index (χ1) is 4.72. The highest BCUT2D eigenvalue weighted by Crippen LogP contribution is 1.90. The molecule has 0 heterocycles. The smallest absolute Gasteiger partial charge is 0.175 e. The van der Waals surface area contributed by atoms with Crippen LogP contribution in [0.2, 0.25) is 0 Å². The van der Waals surface area contributed by atoms with Gasteiger partial charge < -0.3 is 10.5 Å². The third kappa shape index (κ3) is 3.37. The molecule has 2 N–H and O–H groups in total. The molecule has 3 heteroatoms. The maximum Gasteiger partial charge on any atom is 0.175 e. The van der Waals surface area contributed by atoms with E-state index >= 15 is 0 Å². The summed E-state index contributed by atoms with van der Waals surface area (Å²) < 4.78 is 4.61. The molecule has 0 aliphatic heterocycles. The number of rotatable bonds is 5. The summed E-state index contributed by atoms with van der Waals surface area (Å²) in [5.74, 6) is -0.0811. The van der Waals surface area contributed by atoms with Crippen molar-refractivity contribution in [1.29, 1.82) is 0 Å². The first-order valence-electron chi connectivity index (χ1n) is 3.10. The second-order valence-electron chi connectivity index (χ2n) is 2.03. The lowest BCUT2D eigenvalue weighted by Crippen LogP contribution is -2.32. The fourth-order valence-electron chi connectivity index (χ4n) is 0.560. The van der Waals surface area contributed by atoms with Gasteiger partial charge in [-0.1, -0.05) is 6.08 Å². The van der Waals surface area contributed by atoms with Crippen LogP contribution in [0.4, 0.5) is 0 Å². The quantitative estimate of drug-likeness (QED) is 0.555. The highest BCUT2D eigenvalue weighted by atomic mass is 16.5. The van der Waals surface area contributed by atoms with Crippen molar-refractivity contribution in [3.8, 4) is 0 Å². The largest absolute Gasteiger partial charge is 0.377 e. The Labute approximate surface area is 60.9 Å². The van der Waals surface area contributed by atoms with Crippen molar-refractivity contribution in [2.75, 3.05) is 13.7 Å². The number of nitrogens with two attached hydrogens (primary N) is 1. The van der Waals surface area contributed by atoms with Crippen LogP contribution in [0.5, 0.6) is 0 Å². The Morgan fingerprint density at radius 1 is 1.90 bits per heavy atom. The van der Waals surface area contributed by atoms with Gasteiger partial charge in [0.2, 0.25) is 0 Å². The Kier molecular flexibility index (Phi) is 4.80. The zero-order chi connectivity index (χ0) is 7.98. The molecule has 0 radical (unpaired) electrons. The van der Waals surface area contributed by atoms with Gasteiger partial charge in [0.05, 0.1) is 6.04 Å². The molecule has 0 fully saturated rings. The predicted octanol–water partition coefficient (Wildman–Crippen LogP) is 0.105. The Hall–Kier alpha value is -0.670. The highest BCUT2D eigenvalue weighted by molar-refractivity contribution is 5.85. The van der Waals surface area contributed by atoms with E-state index in [0.717, 1.165) is 0 Å². The second-order valence-corrected chi connectivity index (χ2v) is 2.03. The monoisotopic (exact) mass is 143 g/mol. The number of ether oxygens (including phenoxy) is 1. The van der Waals surface area contributed by atoms with E-state index in [4.69, 9.17) is 5.73 Å². The molecule has 0 saturated heterocycles. The molecule has 0 amide bonds. The van der Waals surface area contributed by atoms with Gasteiger partial charge in [-0.05, 0) is 6.42 Å². The average molecular weight is 143 g/mol. The molecule has 3 nitrogen and oxygen atoms in total. The highest BCUT2D eigenvalue weighted by Gasteiger charge is 2.09. The molecule has 58 valence electrons. The minimum Gasteiger partial charge on any atom is -0.377 e. The van der Waals surface area contributed by atoms with Crippen molar-refractivity contribution in [3.05, 3.63) is 12.7 Å². The van der Waals surface area contributed by atoms with Crippen LogP contribution in [0.3, 0.4) is 0 Å². The van der Waals surface area contributed by atoms with E-state index in [1.807, 2.05) is 0 Å². The van der Waals surface area contributed by atoms with E-state index in [-0.39, 0.29) is 12.4 Å². The lowest BCUT2D eigenvalue weighted by Gasteiger charge is -2.05. The molecule has 0 aliphatic rings. The van der Waals surface area contributed by atoms with Crippen molar-refractivity contribution in [1.82, 2.24) is 0 Å². The first-order valence-corrected chi connectivity index (χ1v) is 3.10. The number of Topliss-reactive ketones (excluding diaryl/α,β-unsaturated/α-hetero) is 1. The van der Waals surface area contributed by atoms with Crippen LogP contribution >= 0.6 is 0 Å². The SMILES string of the molecule is C=CCC(N)C(=O)COC. The molecule has 0 aromatic heterocycles. The van der Waals surface area contributed by atoms with Crippen molar-refractivity contribution >= 4 is 5.78 Å². The molecule has 1 atom stereocenters. The normalized spacial score (nSPS) is 12.6. The molecule has 0 spiro atoms. The fraction of sp³-hybridized carbons (Fsp3) is 0.571. The number of hydrogen-bond acceptors (Lipinski definition) is 3. The zero-order valence-electron chi connectivity index (χ0n) is 6.17. The van der Waals surface area contributed by atoms with Crippen molar-refractivity contribution in [3.63, 3.8) is 0 Å². The van der Waals surface area contributed by atoms with Gasteiger partial charge in [-0.25, -0.2) is 0 Å². The van der Waals surface area contributed by atoms with E-state index in [0.29, 0.717) is 6.42 Å². The van der Waals surface area contributed by atoms with Crippen molar-refractivity contribution in [2.24, 2.45) is 5.73 Å². The summed E-state index contributed by atoms with van der Waals surface area (Å²) in [6, 6.07) is -0.447. The van der Waals surface area contributed by atoms with Crippen LogP contribution in [0, 0.1) is 0 Å². The molecule has 0 aliphatic carbocycles. The van der Waals surface area contributed by atoms with E-state index in [1.54, 1.807) is 6.08 Å². The van der Waals surface area contributed by atoms with Crippen LogP contribution in [0.1, 0.15) is 6.42 Å². The number of methoxy groups -OCH3 is 1. The number of carbonyl (C=O) groups excluding carboxylic acids is 1. The predicted molar refractivity (Wildman–Crippen MR) is 39.7 cm³/mol. The van der Waals surface area contributed by atoms with E-state index in [9.17, 15) is 4.79 Å². The van der Waals surface area contributed by atoms with Gasteiger partial charge in [-0.3, -0.25) is 4.79 Å². The van der Waals surface area contributed by atoms with Gasteiger partial charge in [0.1, 0.15) is 6.61 Å². The summed E-state index contributed by atoms with van der Waals surface area (Å²) in [5, 5.41) is 0. The summed E-state index contributed by atoms with van der Waals surface area (Å²) in [6.45, 7) is 3.56. The van der Waals surface area contributed by atoms with Crippen molar-refractivity contribution in [2.45, 2.75) is 12.5 Å². The summed E-state index contributed by atoms with van der Waals surface area (Å²) in [4.78, 5) is 10.8. The van der Waals surface area contributed by atoms with E-state index in [1.165, 1.54) is 7.11 Å². The van der Waals surface area contributed by atoms with Gasteiger partial charge in [0.15, 0.2) is 5.78 Å². The van der Waals surface area contributed by atoms with Crippen LogP contribution in [0.15, 0.2) is 12.7 Å². The minimum absolute atomic E-state index is 0.0811. The molecule has 0 bridgehead atoms. The molecule has 0 rings (SSSR count). The molecule has 1 unspecified atom stereocenters. The number of ketones is 1. The molecule has 0 aromatic rings. The number of carbonyl (C=O) groups is 1. The standard InChI is InChI=1S/C7H13NO2/c1-3-4-6(8)7(9)5-10-2/h3,6H,1,4-5,8H2,2H3. The summed E-state index contributed by atoms with van der Waals surface area (Å²) >= 11 is 0. The molecule has 0 saturated carbocycles. The fourth-order valence-corrected chi connectivity index (χ4v) is 0.560. The Bertz CT molecular complexity index is 123. The maximum absolute atomic E-state index is 10.8. The third-order valence-corrected chi connectivity index (χ3v) is 1.12. The van der Waals surface area contributed by atoms with Crippen LogP contribution in [-0.2, 0) is 9.53 Å². The average Bonchev–Trinajstić information content (AvgIpc) is 1.89. The minimum atomic E-state index is -0.447. The Morgan fingerprint density at radius 3 is 2.90 bits per heavy atom. The Morgan fingerprint density at radius 2 is 2.50 bits per heavy atom. The van der Waals surface area contributed by atoms with E-state index in [2.05, 4.69) is 11.3 Å². The lowest BCUT2D eigenvalue weighted by molar-refractivity contribution is -0.123. The second kappa shape index (κ2) is 5.14. The van der Waals surface area contributed by atoms with Crippen LogP contribution < -0.4 is 5.73 Å². The summed E-state index contributed by atoms with van der Waals surface area (Å²) in [7, 11) is 1.47. The zero-order valence-corrected chi connectivity index (χ0v) is 6.17. The van der Waals surface area contributed by atoms with Crippen molar-refractivity contribution < 1.29 is 9.53 Å². The van der Waals surface area contributed by atoms with Gasteiger partial charge in [0.25, 0.3) is 0 Å². The van der Waals surface area contributed by atoms with Gasteiger partial charge >= 0.3 is 0 Å². The van der Waals surface area contributed by atoms with Gasteiger partial charge in [-0.2, -0.15) is 0 Å². The summed E-state index contributed by atoms with van der Waals surface area (Å²) in [5.41, 5.74) is 5.41. The first kappa shape index (κ1) is 9.33. The molecular weight excluding hydrogens is 130 g/mol. The molecular formula is C7H13NO2. The maximum atomic E-state index is 10.8. The number of hydrogen-bond donors (Lipinski definition) is 1. The summed E-state index contributed by atoms with van der Waals surface area (Å²) in [6.07, 6.45) is 2.14. The topological polar surface area (TPSA) is 52.3 Å². The molecule has 10 heavy (non-hydrogen) atoms. The van der Waals surface area contributed by atoms with Crippen LogP contribution in [0.25, 0.3) is 0 Å². The van der Waals surface area contributed by atoms with E-state index < -0.39 is 6.04 Å². The third-order valence-electron chi connectivity index (χ3n) is 1.12. The van der Waals surface area contributed by atoms with Gasteiger partial charge in [0, 0.05) is 7.11 Å². The van der Waals surface area contributed by atoms with Crippen LogP contribution in [-0.4, -0.2) is 25.5 Å². The lowest BCUT2D eigenvalue weighted by atomic mass is 10.1. The van der Waals surface area contributed by atoms with Gasteiger partial charge in [-0.15, -0.1) is 6.58 Å². The Balaban J connectivity index is 3.58.